The first-order chi connectivity index (χ1) is 13.2. The maximum absolute atomic E-state index is 13.1. The summed E-state index contributed by atoms with van der Waals surface area (Å²) in [4.78, 5) is 29.5. The van der Waals surface area contributed by atoms with Gasteiger partial charge in [0.1, 0.15) is 6.54 Å². The summed E-state index contributed by atoms with van der Waals surface area (Å²) in [5.74, 6) is 1.12. The first-order valence-electron chi connectivity index (χ1n) is 10.4. The van der Waals surface area contributed by atoms with Crippen LogP contribution in [0.5, 0.6) is 0 Å². The minimum absolute atomic E-state index is 0.0132. The van der Waals surface area contributed by atoms with Crippen molar-refractivity contribution in [1.29, 1.82) is 0 Å². The van der Waals surface area contributed by atoms with Gasteiger partial charge in [-0.3, -0.25) is 9.59 Å². The van der Waals surface area contributed by atoms with Gasteiger partial charge in [0.15, 0.2) is 0 Å². The summed E-state index contributed by atoms with van der Waals surface area (Å²) in [7, 11) is 0. The van der Waals surface area contributed by atoms with E-state index in [4.69, 9.17) is 4.74 Å². The minimum atomic E-state index is -0.0132. The maximum atomic E-state index is 13.1. The fourth-order valence-electron chi connectivity index (χ4n) is 4.70. The summed E-state index contributed by atoms with van der Waals surface area (Å²) in [5.41, 5.74) is 1.77. The zero-order valence-corrected chi connectivity index (χ0v) is 16.1. The van der Waals surface area contributed by atoms with Gasteiger partial charge in [0.25, 0.3) is 5.91 Å². The van der Waals surface area contributed by atoms with Crippen LogP contribution in [0.3, 0.4) is 0 Å². The Morgan fingerprint density at radius 1 is 1.07 bits per heavy atom. The van der Waals surface area contributed by atoms with E-state index in [1.54, 1.807) is 4.90 Å². The Labute approximate surface area is 161 Å². The smallest absolute Gasteiger partial charge is 0.254 e. The summed E-state index contributed by atoms with van der Waals surface area (Å²) in [6.45, 7) is 3.89. The molecule has 1 aliphatic carbocycles. The van der Waals surface area contributed by atoms with Crippen LogP contribution in [0.1, 0.15) is 54.4 Å². The molecule has 2 amide bonds. The molecular formula is C22H30N2O3. The molecule has 1 aromatic rings. The molecule has 0 spiro atoms. The number of ether oxygens (including phenoxy) is 1. The highest BCUT2D eigenvalue weighted by atomic mass is 16.5. The Balaban J connectivity index is 1.41. The van der Waals surface area contributed by atoms with Crippen molar-refractivity contribution in [2.24, 2.45) is 11.8 Å². The SMILES string of the molecule is O=C(CN1Cc2ccccc2C1=O)N(CC1CCCCC1)CC1CCOC1. The van der Waals surface area contributed by atoms with Crippen molar-refractivity contribution < 1.29 is 14.3 Å². The molecule has 3 aliphatic rings. The number of hydrogen-bond donors (Lipinski definition) is 0. The zero-order valence-electron chi connectivity index (χ0n) is 16.1. The molecule has 2 heterocycles. The van der Waals surface area contributed by atoms with Crippen molar-refractivity contribution >= 4 is 11.8 Å². The van der Waals surface area contributed by atoms with Crippen molar-refractivity contribution in [3.8, 4) is 0 Å². The topological polar surface area (TPSA) is 49.9 Å². The van der Waals surface area contributed by atoms with Crippen LogP contribution in [0, 0.1) is 11.8 Å². The van der Waals surface area contributed by atoms with Gasteiger partial charge in [-0.15, -0.1) is 0 Å². The minimum Gasteiger partial charge on any atom is -0.381 e. The fraction of sp³-hybridized carbons (Fsp3) is 0.636. The second kappa shape index (κ2) is 8.42. The number of benzene rings is 1. The molecule has 1 aromatic carbocycles. The third-order valence-corrected chi connectivity index (χ3v) is 6.28. The normalized spacial score (nSPS) is 22.9. The van der Waals surface area contributed by atoms with Crippen LogP contribution >= 0.6 is 0 Å². The molecule has 4 rings (SSSR count). The lowest BCUT2D eigenvalue weighted by molar-refractivity contribution is -0.133. The number of carbonyl (C=O) groups is 2. The molecule has 0 bridgehead atoms. The molecule has 1 saturated carbocycles. The van der Waals surface area contributed by atoms with Gasteiger partial charge in [-0.2, -0.15) is 0 Å². The highest BCUT2D eigenvalue weighted by Gasteiger charge is 2.31. The third-order valence-electron chi connectivity index (χ3n) is 6.28. The van der Waals surface area contributed by atoms with E-state index in [2.05, 4.69) is 0 Å². The van der Waals surface area contributed by atoms with E-state index in [1.807, 2.05) is 29.2 Å². The average molecular weight is 370 g/mol. The maximum Gasteiger partial charge on any atom is 0.254 e. The predicted octanol–water partition coefficient (Wildman–Crippen LogP) is 3.09. The summed E-state index contributed by atoms with van der Waals surface area (Å²) >= 11 is 0. The van der Waals surface area contributed by atoms with Crippen molar-refractivity contribution in [2.75, 3.05) is 32.8 Å². The van der Waals surface area contributed by atoms with Crippen LogP contribution in [0.25, 0.3) is 0 Å². The van der Waals surface area contributed by atoms with Crippen LogP contribution in [-0.4, -0.2) is 54.5 Å². The fourth-order valence-corrected chi connectivity index (χ4v) is 4.70. The van der Waals surface area contributed by atoms with E-state index in [9.17, 15) is 9.59 Å². The zero-order chi connectivity index (χ0) is 18.6. The van der Waals surface area contributed by atoms with Gasteiger partial charge in [-0.05, 0) is 36.8 Å². The molecular weight excluding hydrogens is 340 g/mol. The van der Waals surface area contributed by atoms with Gasteiger partial charge in [0.2, 0.25) is 5.91 Å². The predicted molar refractivity (Wildman–Crippen MR) is 103 cm³/mol. The highest BCUT2D eigenvalue weighted by Crippen LogP contribution is 2.26. The molecule has 0 aromatic heterocycles. The summed E-state index contributed by atoms with van der Waals surface area (Å²) in [6.07, 6.45) is 7.35. The number of amides is 2. The van der Waals surface area contributed by atoms with Gasteiger partial charge in [-0.25, -0.2) is 0 Å². The molecule has 1 unspecified atom stereocenters. The largest absolute Gasteiger partial charge is 0.381 e. The quantitative estimate of drug-likeness (QED) is 0.773. The summed E-state index contributed by atoms with van der Waals surface area (Å²) in [5, 5.41) is 0. The lowest BCUT2D eigenvalue weighted by Crippen LogP contribution is -2.45. The van der Waals surface area contributed by atoms with Crippen LogP contribution < -0.4 is 0 Å². The van der Waals surface area contributed by atoms with E-state index >= 15 is 0 Å². The summed E-state index contributed by atoms with van der Waals surface area (Å²) in [6, 6.07) is 7.68. The monoisotopic (exact) mass is 370 g/mol. The molecule has 2 aliphatic heterocycles. The molecule has 5 heteroatoms. The number of carbonyl (C=O) groups excluding carboxylic acids is 2. The second-order valence-corrected chi connectivity index (χ2v) is 8.35. The highest BCUT2D eigenvalue weighted by molar-refractivity contribution is 6.00. The Bertz CT molecular complexity index is 678. The van der Waals surface area contributed by atoms with E-state index < -0.39 is 0 Å². The van der Waals surface area contributed by atoms with Crippen LogP contribution in [-0.2, 0) is 16.1 Å². The lowest BCUT2D eigenvalue weighted by atomic mass is 9.88. The van der Waals surface area contributed by atoms with Gasteiger partial charge in [-0.1, -0.05) is 37.5 Å². The molecule has 1 atom stereocenters. The first-order valence-corrected chi connectivity index (χ1v) is 10.4. The van der Waals surface area contributed by atoms with Gasteiger partial charge < -0.3 is 14.5 Å². The molecule has 0 radical (unpaired) electrons. The van der Waals surface area contributed by atoms with Gasteiger partial charge in [0.05, 0.1) is 6.61 Å². The lowest BCUT2D eigenvalue weighted by Gasteiger charge is -2.32. The second-order valence-electron chi connectivity index (χ2n) is 8.35. The van der Waals surface area contributed by atoms with Gasteiger partial charge in [0, 0.05) is 37.7 Å². The molecule has 2 fully saturated rings. The Morgan fingerprint density at radius 2 is 1.85 bits per heavy atom. The number of nitrogens with zero attached hydrogens (tertiary/aromatic N) is 2. The summed E-state index contributed by atoms with van der Waals surface area (Å²) < 4.78 is 5.52. The van der Waals surface area contributed by atoms with E-state index in [-0.39, 0.29) is 18.4 Å². The van der Waals surface area contributed by atoms with Gasteiger partial charge >= 0.3 is 0 Å². The van der Waals surface area contributed by atoms with Crippen molar-refractivity contribution in [1.82, 2.24) is 9.80 Å². The molecule has 0 N–H and O–H groups in total. The Morgan fingerprint density at radius 3 is 2.59 bits per heavy atom. The third kappa shape index (κ3) is 4.34. The number of hydrogen-bond acceptors (Lipinski definition) is 3. The van der Waals surface area contributed by atoms with E-state index in [0.717, 1.165) is 43.9 Å². The number of fused-ring (bicyclic) bond motifs is 1. The average Bonchev–Trinajstić information content (AvgIpc) is 3.31. The van der Waals surface area contributed by atoms with Crippen LogP contribution in [0.4, 0.5) is 0 Å². The standard InChI is InChI=1S/C22H30N2O3/c25-21(15-24-14-19-8-4-5-9-20(19)22(24)26)23(13-18-10-11-27-16-18)12-17-6-2-1-3-7-17/h4-5,8-9,17-18H,1-3,6-7,10-16H2. The molecule has 146 valence electrons. The van der Waals surface area contributed by atoms with Crippen LogP contribution in [0.2, 0.25) is 0 Å². The van der Waals surface area contributed by atoms with Crippen molar-refractivity contribution in [3.05, 3.63) is 35.4 Å². The number of rotatable bonds is 6. The van der Waals surface area contributed by atoms with Crippen LogP contribution in [0.15, 0.2) is 24.3 Å². The Kier molecular flexibility index (Phi) is 5.77. The van der Waals surface area contributed by atoms with Crippen molar-refractivity contribution in [3.63, 3.8) is 0 Å². The molecule has 27 heavy (non-hydrogen) atoms. The molecule has 5 nitrogen and oxygen atoms in total. The molecule has 1 saturated heterocycles. The van der Waals surface area contributed by atoms with E-state index in [1.165, 1.54) is 32.1 Å². The van der Waals surface area contributed by atoms with Crippen molar-refractivity contribution in [2.45, 2.75) is 45.1 Å². The Hall–Kier alpha value is -1.88. The van der Waals surface area contributed by atoms with E-state index in [0.29, 0.717) is 18.4 Å². The first kappa shape index (κ1) is 18.5.